The van der Waals surface area contributed by atoms with Gasteiger partial charge >= 0.3 is 0 Å². The van der Waals surface area contributed by atoms with Gasteiger partial charge in [-0.1, -0.05) is 18.2 Å². The Morgan fingerprint density at radius 1 is 1.40 bits per heavy atom. The van der Waals surface area contributed by atoms with Crippen LogP contribution in [-0.2, 0) is 7.05 Å². The predicted molar refractivity (Wildman–Crippen MR) is 76.6 cm³/mol. The number of hydrogen-bond donors (Lipinski definition) is 1. The smallest absolute Gasteiger partial charge is 0.257 e. The SMILES string of the molecule is Cc1nn(C)cc1C(=O)N(C)C(C)c1ccccc1O. The molecule has 0 bridgehead atoms. The van der Waals surface area contributed by atoms with Crippen LogP contribution in [0.25, 0.3) is 0 Å². The number of hydrogen-bond acceptors (Lipinski definition) is 3. The minimum absolute atomic E-state index is 0.105. The quantitative estimate of drug-likeness (QED) is 0.933. The number of phenols is 1. The predicted octanol–water partition coefficient (Wildman–Crippen LogP) is 2.27. The molecule has 106 valence electrons. The molecule has 1 heterocycles. The van der Waals surface area contributed by atoms with Gasteiger partial charge in [-0.15, -0.1) is 0 Å². The van der Waals surface area contributed by atoms with Gasteiger partial charge in [0.2, 0.25) is 0 Å². The Bertz CT molecular complexity index is 634. The Morgan fingerprint density at radius 2 is 2.05 bits per heavy atom. The van der Waals surface area contributed by atoms with Crippen molar-refractivity contribution in [2.75, 3.05) is 7.05 Å². The maximum absolute atomic E-state index is 12.5. The Kier molecular flexibility index (Phi) is 3.79. The van der Waals surface area contributed by atoms with Gasteiger partial charge < -0.3 is 10.0 Å². The van der Waals surface area contributed by atoms with E-state index in [9.17, 15) is 9.90 Å². The Hall–Kier alpha value is -2.30. The van der Waals surface area contributed by atoms with Crippen LogP contribution in [0, 0.1) is 6.92 Å². The number of phenolic OH excluding ortho intramolecular Hbond substituents is 1. The molecule has 2 aromatic rings. The summed E-state index contributed by atoms with van der Waals surface area (Å²) in [5.41, 5.74) is 2.01. The van der Waals surface area contributed by atoms with E-state index in [4.69, 9.17) is 0 Å². The molecule has 1 unspecified atom stereocenters. The van der Waals surface area contributed by atoms with Crippen LogP contribution in [0.5, 0.6) is 5.75 Å². The third-order valence-corrected chi connectivity index (χ3v) is 3.53. The van der Waals surface area contributed by atoms with Gasteiger partial charge in [-0.3, -0.25) is 9.48 Å². The molecule has 20 heavy (non-hydrogen) atoms. The second kappa shape index (κ2) is 5.36. The summed E-state index contributed by atoms with van der Waals surface area (Å²) in [5, 5.41) is 14.1. The number of amides is 1. The van der Waals surface area contributed by atoms with Crippen LogP contribution in [0.2, 0.25) is 0 Å². The highest BCUT2D eigenvalue weighted by Gasteiger charge is 2.23. The van der Waals surface area contributed by atoms with Crippen molar-refractivity contribution in [1.82, 2.24) is 14.7 Å². The molecule has 1 aromatic heterocycles. The summed E-state index contributed by atoms with van der Waals surface area (Å²) in [5.74, 6) is 0.0916. The van der Waals surface area contributed by atoms with Crippen molar-refractivity contribution >= 4 is 5.91 Å². The van der Waals surface area contributed by atoms with E-state index in [1.807, 2.05) is 26.0 Å². The molecular weight excluding hydrogens is 254 g/mol. The largest absolute Gasteiger partial charge is 0.508 e. The molecule has 1 amide bonds. The van der Waals surface area contributed by atoms with E-state index in [1.54, 1.807) is 42.0 Å². The average Bonchev–Trinajstić information content (AvgIpc) is 2.76. The van der Waals surface area contributed by atoms with Crippen LogP contribution in [0.4, 0.5) is 0 Å². The Labute approximate surface area is 118 Å². The van der Waals surface area contributed by atoms with E-state index >= 15 is 0 Å². The third kappa shape index (κ3) is 2.52. The zero-order valence-electron chi connectivity index (χ0n) is 12.2. The van der Waals surface area contributed by atoms with Crippen LogP contribution >= 0.6 is 0 Å². The van der Waals surface area contributed by atoms with Crippen molar-refractivity contribution in [3.8, 4) is 5.75 Å². The van der Waals surface area contributed by atoms with Gasteiger partial charge in [0.15, 0.2) is 0 Å². The Balaban J connectivity index is 2.27. The van der Waals surface area contributed by atoms with E-state index in [1.165, 1.54) is 0 Å². The fourth-order valence-corrected chi connectivity index (χ4v) is 2.22. The summed E-state index contributed by atoms with van der Waals surface area (Å²) in [6.45, 7) is 3.70. The molecule has 2 rings (SSSR count). The van der Waals surface area contributed by atoms with Crippen LogP contribution in [0.1, 0.15) is 34.6 Å². The van der Waals surface area contributed by atoms with Gasteiger partial charge in [0.1, 0.15) is 5.75 Å². The van der Waals surface area contributed by atoms with Crippen molar-refractivity contribution in [3.05, 3.63) is 47.3 Å². The molecule has 5 heteroatoms. The average molecular weight is 273 g/mol. The number of para-hydroxylation sites is 1. The molecule has 0 aliphatic heterocycles. The summed E-state index contributed by atoms with van der Waals surface area (Å²) >= 11 is 0. The summed E-state index contributed by atoms with van der Waals surface area (Å²) in [6, 6.07) is 6.83. The zero-order valence-corrected chi connectivity index (χ0v) is 12.2. The molecule has 0 aliphatic carbocycles. The summed E-state index contributed by atoms with van der Waals surface area (Å²) in [6.07, 6.45) is 1.71. The van der Waals surface area contributed by atoms with Gasteiger partial charge in [0.25, 0.3) is 5.91 Å². The lowest BCUT2D eigenvalue weighted by molar-refractivity contribution is 0.0740. The topological polar surface area (TPSA) is 58.4 Å². The molecule has 1 aromatic carbocycles. The monoisotopic (exact) mass is 273 g/mol. The highest BCUT2D eigenvalue weighted by molar-refractivity contribution is 5.95. The van der Waals surface area contributed by atoms with E-state index in [-0.39, 0.29) is 17.7 Å². The van der Waals surface area contributed by atoms with Crippen molar-refractivity contribution in [1.29, 1.82) is 0 Å². The fourth-order valence-electron chi connectivity index (χ4n) is 2.22. The number of aromatic hydroxyl groups is 1. The lowest BCUT2D eigenvalue weighted by atomic mass is 10.1. The molecular formula is C15H19N3O2. The number of aryl methyl sites for hydroxylation is 2. The summed E-state index contributed by atoms with van der Waals surface area (Å²) < 4.78 is 1.63. The number of rotatable bonds is 3. The molecule has 0 spiro atoms. The van der Waals surface area contributed by atoms with Gasteiger partial charge in [-0.2, -0.15) is 5.10 Å². The number of aromatic nitrogens is 2. The molecule has 0 radical (unpaired) electrons. The lowest BCUT2D eigenvalue weighted by Gasteiger charge is -2.25. The highest BCUT2D eigenvalue weighted by atomic mass is 16.3. The first-order valence-corrected chi connectivity index (χ1v) is 6.47. The minimum atomic E-state index is -0.219. The number of benzene rings is 1. The minimum Gasteiger partial charge on any atom is -0.508 e. The number of nitrogens with zero attached hydrogens (tertiary/aromatic N) is 3. The molecule has 1 N–H and O–H groups in total. The lowest BCUT2D eigenvalue weighted by Crippen LogP contribution is -2.30. The van der Waals surface area contributed by atoms with Gasteiger partial charge in [0, 0.05) is 25.9 Å². The summed E-state index contributed by atoms with van der Waals surface area (Å²) in [7, 11) is 3.52. The van der Waals surface area contributed by atoms with Crippen molar-refractivity contribution in [2.45, 2.75) is 19.9 Å². The molecule has 5 nitrogen and oxygen atoms in total. The van der Waals surface area contributed by atoms with E-state index in [0.29, 0.717) is 11.3 Å². The molecule has 1 atom stereocenters. The molecule has 0 saturated heterocycles. The highest BCUT2D eigenvalue weighted by Crippen LogP contribution is 2.28. The van der Waals surface area contributed by atoms with Gasteiger partial charge in [-0.05, 0) is 19.9 Å². The van der Waals surface area contributed by atoms with Gasteiger partial charge in [0.05, 0.1) is 17.3 Å². The Morgan fingerprint density at radius 3 is 2.60 bits per heavy atom. The fraction of sp³-hybridized carbons (Fsp3) is 0.333. The zero-order chi connectivity index (χ0) is 14.9. The van der Waals surface area contributed by atoms with Crippen LogP contribution in [0.15, 0.2) is 30.5 Å². The maximum atomic E-state index is 12.5. The van der Waals surface area contributed by atoms with Crippen LogP contribution in [-0.4, -0.2) is 32.7 Å². The van der Waals surface area contributed by atoms with Crippen LogP contribution in [0.3, 0.4) is 0 Å². The first-order valence-electron chi connectivity index (χ1n) is 6.47. The second-order valence-corrected chi connectivity index (χ2v) is 4.95. The summed E-state index contributed by atoms with van der Waals surface area (Å²) in [4.78, 5) is 14.1. The third-order valence-electron chi connectivity index (χ3n) is 3.53. The number of carbonyl (C=O) groups excluding carboxylic acids is 1. The molecule has 0 saturated carbocycles. The second-order valence-electron chi connectivity index (χ2n) is 4.95. The van der Waals surface area contributed by atoms with Crippen molar-refractivity contribution in [3.63, 3.8) is 0 Å². The first-order chi connectivity index (χ1) is 9.41. The molecule has 0 aliphatic rings. The number of carbonyl (C=O) groups is 1. The first kappa shape index (κ1) is 14.1. The maximum Gasteiger partial charge on any atom is 0.257 e. The standard InChI is InChI=1S/C15H19N3O2/c1-10-13(9-17(3)16-10)15(20)18(4)11(2)12-7-5-6-8-14(12)19/h5-9,11,19H,1-4H3. The van der Waals surface area contributed by atoms with Crippen molar-refractivity contribution < 1.29 is 9.90 Å². The van der Waals surface area contributed by atoms with E-state index in [0.717, 1.165) is 5.56 Å². The van der Waals surface area contributed by atoms with E-state index < -0.39 is 0 Å². The molecule has 0 fully saturated rings. The van der Waals surface area contributed by atoms with Gasteiger partial charge in [-0.25, -0.2) is 0 Å². The normalized spacial score (nSPS) is 12.2. The van der Waals surface area contributed by atoms with Crippen LogP contribution < -0.4 is 0 Å². The van der Waals surface area contributed by atoms with Crippen molar-refractivity contribution in [2.24, 2.45) is 7.05 Å². The van der Waals surface area contributed by atoms with E-state index in [2.05, 4.69) is 5.10 Å².